The molecule has 0 saturated carbocycles. The number of aryl methyl sites for hydroxylation is 1. The van der Waals surface area contributed by atoms with Crippen LogP contribution in [-0.4, -0.2) is 50.6 Å². The first-order valence-corrected chi connectivity index (χ1v) is 11.9. The number of anilines is 1. The van der Waals surface area contributed by atoms with E-state index in [1.807, 2.05) is 68.7 Å². The number of hydrogen-bond acceptors (Lipinski definition) is 7. The van der Waals surface area contributed by atoms with Crippen molar-refractivity contribution in [3.05, 3.63) is 89.1 Å². The van der Waals surface area contributed by atoms with E-state index < -0.39 is 6.04 Å². The van der Waals surface area contributed by atoms with Gasteiger partial charge in [0, 0.05) is 24.2 Å². The Labute approximate surface area is 211 Å². The quantitative estimate of drug-likeness (QED) is 0.310. The Morgan fingerprint density at radius 2 is 1.92 bits per heavy atom. The van der Waals surface area contributed by atoms with Crippen LogP contribution in [0.2, 0.25) is 0 Å². The molecule has 1 aromatic carbocycles. The van der Waals surface area contributed by atoms with Crippen molar-refractivity contribution in [3.63, 3.8) is 0 Å². The van der Waals surface area contributed by atoms with Crippen molar-refractivity contribution in [2.45, 2.75) is 26.4 Å². The molecule has 0 saturated heterocycles. The standard InChI is InChI=1S/C26H25N9O2/c1-16-8-11-34-22(16)26(37)35(18-6-4-3-5-7-18)25(32-34)17(2)30-24-21-19(14-27-23(21)28-15-29-24)20-9-10-33(31-20)12-13-36/h3-11,14-15,17,36H,12-13H2,1-2H3,(H2,27,28,29,30). The van der Waals surface area contributed by atoms with Gasteiger partial charge in [-0.2, -0.15) is 10.2 Å². The number of nitrogens with zero attached hydrogens (tertiary/aromatic N) is 7. The molecular weight excluding hydrogens is 470 g/mol. The molecule has 5 aromatic heterocycles. The Morgan fingerprint density at radius 1 is 1.08 bits per heavy atom. The number of H-pyrrole nitrogens is 1. The Bertz CT molecular complexity index is 1780. The Morgan fingerprint density at radius 3 is 2.73 bits per heavy atom. The number of hydrogen-bond donors (Lipinski definition) is 3. The van der Waals surface area contributed by atoms with E-state index in [1.165, 1.54) is 6.33 Å². The van der Waals surface area contributed by atoms with Gasteiger partial charge in [-0.25, -0.2) is 14.5 Å². The minimum absolute atomic E-state index is 0.00379. The van der Waals surface area contributed by atoms with Crippen molar-refractivity contribution >= 4 is 22.4 Å². The smallest absolute Gasteiger partial charge is 0.282 e. The molecule has 0 radical (unpaired) electrons. The highest BCUT2D eigenvalue weighted by Gasteiger charge is 2.22. The predicted octanol–water partition coefficient (Wildman–Crippen LogP) is 3.09. The number of fused-ring (bicyclic) bond motifs is 2. The summed E-state index contributed by atoms with van der Waals surface area (Å²) < 4.78 is 4.97. The predicted molar refractivity (Wildman–Crippen MR) is 140 cm³/mol. The number of aliphatic hydroxyl groups is 1. The van der Waals surface area contributed by atoms with E-state index in [0.29, 0.717) is 29.4 Å². The fraction of sp³-hybridized carbons (Fsp3) is 0.192. The summed E-state index contributed by atoms with van der Waals surface area (Å²) in [6.07, 6.45) is 6.94. The molecule has 6 aromatic rings. The Hall–Kier alpha value is -4.77. The first-order valence-electron chi connectivity index (χ1n) is 11.9. The lowest BCUT2D eigenvalue weighted by Gasteiger charge is -2.20. The van der Waals surface area contributed by atoms with Gasteiger partial charge in [-0.05, 0) is 43.7 Å². The normalized spacial score (nSPS) is 12.4. The molecule has 0 aliphatic rings. The third-order valence-electron chi connectivity index (χ3n) is 6.38. The van der Waals surface area contributed by atoms with E-state index in [4.69, 9.17) is 5.10 Å². The first-order chi connectivity index (χ1) is 18.0. The summed E-state index contributed by atoms with van der Waals surface area (Å²) in [7, 11) is 0. The SMILES string of the molecule is Cc1ccn2nc(C(C)Nc3ncnc4[nH]cc(-c5ccn(CCO)n5)c34)n(-c3ccccc3)c(=O)c12. The minimum atomic E-state index is -0.396. The van der Waals surface area contributed by atoms with Gasteiger partial charge in [0.15, 0.2) is 5.82 Å². The fourth-order valence-corrected chi connectivity index (χ4v) is 4.61. The number of rotatable bonds is 7. The van der Waals surface area contributed by atoms with Crippen molar-refractivity contribution in [2.24, 2.45) is 0 Å². The van der Waals surface area contributed by atoms with Crippen molar-refractivity contribution in [1.29, 1.82) is 0 Å². The lowest BCUT2D eigenvalue weighted by Crippen LogP contribution is -2.29. The van der Waals surface area contributed by atoms with Gasteiger partial charge in [-0.15, -0.1) is 0 Å². The monoisotopic (exact) mass is 495 g/mol. The molecule has 186 valence electrons. The summed E-state index contributed by atoms with van der Waals surface area (Å²) in [5.41, 5.74) is 4.20. The van der Waals surface area contributed by atoms with Crippen molar-refractivity contribution in [3.8, 4) is 16.9 Å². The molecule has 0 amide bonds. The zero-order valence-corrected chi connectivity index (χ0v) is 20.3. The summed E-state index contributed by atoms with van der Waals surface area (Å²) in [5, 5.41) is 22.9. The molecule has 11 heteroatoms. The summed E-state index contributed by atoms with van der Waals surface area (Å²) in [6, 6.07) is 12.9. The molecule has 0 spiro atoms. The van der Waals surface area contributed by atoms with Gasteiger partial charge in [-0.1, -0.05) is 18.2 Å². The van der Waals surface area contributed by atoms with Gasteiger partial charge >= 0.3 is 0 Å². The molecule has 5 heterocycles. The largest absolute Gasteiger partial charge is 0.394 e. The van der Waals surface area contributed by atoms with Gasteiger partial charge < -0.3 is 15.4 Å². The lowest BCUT2D eigenvalue weighted by molar-refractivity contribution is 0.269. The van der Waals surface area contributed by atoms with Crippen LogP contribution in [0.3, 0.4) is 0 Å². The van der Waals surface area contributed by atoms with Crippen LogP contribution in [0.5, 0.6) is 0 Å². The summed E-state index contributed by atoms with van der Waals surface area (Å²) >= 11 is 0. The minimum Gasteiger partial charge on any atom is -0.394 e. The molecule has 6 rings (SSSR count). The van der Waals surface area contributed by atoms with Crippen LogP contribution in [0.25, 0.3) is 33.5 Å². The highest BCUT2D eigenvalue weighted by molar-refractivity contribution is 6.00. The summed E-state index contributed by atoms with van der Waals surface area (Å²) in [6.45, 7) is 4.26. The maximum atomic E-state index is 13.7. The van der Waals surface area contributed by atoms with E-state index in [1.54, 1.807) is 20.0 Å². The zero-order chi connectivity index (χ0) is 25.5. The first kappa shape index (κ1) is 22.7. The number of benzene rings is 1. The Balaban J connectivity index is 1.47. The number of nitrogens with one attached hydrogen (secondary N) is 2. The lowest BCUT2D eigenvalue weighted by atomic mass is 10.1. The van der Waals surface area contributed by atoms with Gasteiger partial charge in [-0.3, -0.25) is 14.0 Å². The third kappa shape index (κ3) is 3.85. The van der Waals surface area contributed by atoms with Crippen LogP contribution in [-0.2, 0) is 6.54 Å². The highest BCUT2D eigenvalue weighted by atomic mass is 16.3. The molecule has 0 bridgehead atoms. The second-order valence-corrected chi connectivity index (χ2v) is 8.83. The van der Waals surface area contributed by atoms with Gasteiger partial charge in [0.25, 0.3) is 5.56 Å². The Kier molecular flexibility index (Phi) is 5.53. The van der Waals surface area contributed by atoms with Crippen LogP contribution in [0.1, 0.15) is 24.4 Å². The van der Waals surface area contributed by atoms with Crippen LogP contribution in [0.15, 0.2) is 72.2 Å². The van der Waals surface area contributed by atoms with Crippen molar-refractivity contribution in [1.82, 2.24) is 38.9 Å². The molecule has 1 unspecified atom stereocenters. The maximum Gasteiger partial charge on any atom is 0.282 e. The summed E-state index contributed by atoms with van der Waals surface area (Å²) in [5.74, 6) is 1.12. The van der Waals surface area contributed by atoms with E-state index in [0.717, 1.165) is 27.9 Å². The third-order valence-corrected chi connectivity index (χ3v) is 6.38. The van der Waals surface area contributed by atoms with Crippen LogP contribution in [0.4, 0.5) is 5.82 Å². The highest BCUT2D eigenvalue weighted by Crippen LogP contribution is 2.32. The molecule has 0 fully saturated rings. The summed E-state index contributed by atoms with van der Waals surface area (Å²) in [4.78, 5) is 25.8. The number of aromatic nitrogens is 8. The average Bonchev–Trinajstić information content (AvgIpc) is 3.64. The molecule has 3 N–H and O–H groups in total. The van der Waals surface area contributed by atoms with Gasteiger partial charge in [0.1, 0.15) is 23.3 Å². The topological polar surface area (TPSA) is 131 Å². The van der Waals surface area contributed by atoms with Gasteiger partial charge in [0.05, 0.1) is 36.0 Å². The van der Waals surface area contributed by atoms with Gasteiger partial charge in [0.2, 0.25) is 0 Å². The number of aliphatic hydroxyl groups excluding tert-OH is 1. The van der Waals surface area contributed by atoms with E-state index in [2.05, 4.69) is 25.4 Å². The molecule has 0 aliphatic carbocycles. The maximum absolute atomic E-state index is 13.7. The fourth-order valence-electron chi connectivity index (χ4n) is 4.61. The number of aromatic amines is 1. The van der Waals surface area contributed by atoms with Crippen LogP contribution in [0, 0.1) is 6.92 Å². The number of para-hydroxylation sites is 1. The van der Waals surface area contributed by atoms with E-state index in [9.17, 15) is 9.90 Å². The molecule has 37 heavy (non-hydrogen) atoms. The molecule has 11 nitrogen and oxygen atoms in total. The van der Waals surface area contributed by atoms with Crippen molar-refractivity contribution < 1.29 is 5.11 Å². The molecule has 0 aliphatic heterocycles. The van der Waals surface area contributed by atoms with E-state index >= 15 is 0 Å². The molecule has 1 atom stereocenters. The van der Waals surface area contributed by atoms with Crippen LogP contribution < -0.4 is 10.9 Å². The molecular formula is C26H25N9O2. The second-order valence-electron chi connectivity index (χ2n) is 8.83. The average molecular weight is 496 g/mol. The second kappa shape index (κ2) is 9.03. The van der Waals surface area contributed by atoms with E-state index in [-0.39, 0.29) is 12.2 Å². The van der Waals surface area contributed by atoms with Crippen LogP contribution >= 0.6 is 0 Å². The zero-order valence-electron chi connectivity index (χ0n) is 20.3. The van der Waals surface area contributed by atoms with Crippen molar-refractivity contribution in [2.75, 3.05) is 11.9 Å².